The number of hydrogen-bond acceptors (Lipinski definition) is 3. The molecule has 0 aliphatic carbocycles. The fraction of sp³-hybridized carbons (Fsp3) is 0.278. The molecule has 2 aromatic carbocycles. The standard InChI is InChI=1S/C18H22N2O3S/c1-4-6-18(21)19-15-10-9-14(3)17(12-15)24(22,23)20-16-8-5-7-13(2)11-16/h5,7-12,20H,4,6H2,1-3H3,(H,19,21). The van der Waals surface area contributed by atoms with Crippen LogP contribution in [0.1, 0.15) is 30.9 Å². The Hall–Kier alpha value is -2.34. The van der Waals surface area contributed by atoms with Crippen molar-refractivity contribution in [3.63, 3.8) is 0 Å². The van der Waals surface area contributed by atoms with Gasteiger partial charge in [0.1, 0.15) is 0 Å². The fourth-order valence-corrected chi connectivity index (χ4v) is 3.66. The van der Waals surface area contributed by atoms with E-state index in [0.717, 1.165) is 12.0 Å². The van der Waals surface area contributed by atoms with Gasteiger partial charge in [0.15, 0.2) is 0 Å². The van der Waals surface area contributed by atoms with Crippen LogP contribution in [0.3, 0.4) is 0 Å². The average molecular weight is 346 g/mol. The van der Waals surface area contributed by atoms with Gasteiger partial charge in [-0.1, -0.05) is 25.1 Å². The molecular formula is C18H22N2O3S. The van der Waals surface area contributed by atoms with Crippen molar-refractivity contribution in [3.05, 3.63) is 53.6 Å². The molecule has 0 fully saturated rings. The van der Waals surface area contributed by atoms with Crippen LogP contribution in [0.25, 0.3) is 0 Å². The second kappa shape index (κ2) is 7.49. The number of anilines is 2. The molecule has 0 unspecified atom stereocenters. The van der Waals surface area contributed by atoms with Crippen LogP contribution in [0.15, 0.2) is 47.4 Å². The zero-order valence-electron chi connectivity index (χ0n) is 14.1. The van der Waals surface area contributed by atoms with Crippen LogP contribution in [-0.4, -0.2) is 14.3 Å². The molecule has 0 radical (unpaired) electrons. The lowest BCUT2D eigenvalue weighted by atomic mass is 10.2. The van der Waals surface area contributed by atoms with E-state index in [0.29, 0.717) is 23.4 Å². The Kier molecular flexibility index (Phi) is 5.62. The van der Waals surface area contributed by atoms with E-state index in [1.807, 2.05) is 19.9 Å². The van der Waals surface area contributed by atoms with Crippen molar-refractivity contribution in [3.8, 4) is 0 Å². The van der Waals surface area contributed by atoms with Gasteiger partial charge < -0.3 is 5.32 Å². The highest BCUT2D eigenvalue weighted by Gasteiger charge is 2.18. The summed E-state index contributed by atoms with van der Waals surface area (Å²) in [5, 5.41) is 2.72. The van der Waals surface area contributed by atoms with Crippen LogP contribution in [0, 0.1) is 13.8 Å². The Bertz CT molecular complexity index is 845. The van der Waals surface area contributed by atoms with Crippen molar-refractivity contribution in [2.75, 3.05) is 10.0 Å². The molecule has 2 rings (SSSR count). The van der Waals surface area contributed by atoms with Crippen molar-refractivity contribution in [2.45, 2.75) is 38.5 Å². The van der Waals surface area contributed by atoms with Crippen molar-refractivity contribution < 1.29 is 13.2 Å². The lowest BCUT2D eigenvalue weighted by Crippen LogP contribution is -2.16. The minimum atomic E-state index is -3.73. The zero-order chi connectivity index (χ0) is 17.7. The molecule has 0 atom stereocenters. The third-order valence-corrected chi connectivity index (χ3v) is 5.03. The summed E-state index contributed by atoms with van der Waals surface area (Å²) in [5.41, 5.74) is 2.56. The van der Waals surface area contributed by atoms with Gasteiger partial charge in [-0.2, -0.15) is 0 Å². The van der Waals surface area contributed by atoms with Crippen molar-refractivity contribution in [1.29, 1.82) is 0 Å². The van der Waals surface area contributed by atoms with E-state index in [-0.39, 0.29) is 10.8 Å². The molecule has 1 amide bonds. The molecule has 128 valence electrons. The van der Waals surface area contributed by atoms with Crippen LogP contribution >= 0.6 is 0 Å². The average Bonchev–Trinajstić information content (AvgIpc) is 2.49. The van der Waals surface area contributed by atoms with Gasteiger partial charge in [-0.3, -0.25) is 9.52 Å². The third kappa shape index (κ3) is 4.58. The summed E-state index contributed by atoms with van der Waals surface area (Å²) in [4.78, 5) is 11.9. The number of benzene rings is 2. The van der Waals surface area contributed by atoms with Gasteiger partial charge in [0, 0.05) is 17.8 Å². The van der Waals surface area contributed by atoms with Crippen molar-refractivity contribution in [1.82, 2.24) is 0 Å². The van der Waals surface area contributed by atoms with Gasteiger partial charge in [-0.25, -0.2) is 8.42 Å². The summed E-state index contributed by atoms with van der Waals surface area (Å²) in [6.45, 7) is 5.53. The fourth-order valence-electron chi connectivity index (χ4n) is 2.34. The maximum absolute atomic E-state index is 12.7. The predicted molar refractivity (Wildman–Crippen MR) is 96.7 cm³/mol. The van der Waals surface area contributed by atoms with Crippen LogP contribution in [0.4, 0.5) is 11.4 Å². The number of nitrogens with one attached hydrogen (secondary N) is 2. The molecule has 0 aliphatic heterocycles. The molecule has 0 aromatic heterocycles. The van der Waals surface area contributed by atoms with Crippen LogP contribution in [0.5, 0.6) is 0 Å². The largest absolute Gasteiger partial charge is 0.326 e. The maximum atomic E-state index is 12.7. The molecule has 6 heteroatoms. The minimum absolute atomic E-state index is 0.128. The number of carbonyl (C=O) groups is 1. The molecule has 0 saturated heterocycles. The van der Waals surface area contributed by atoms with Gasteiger partial charge in [-0.05, 0) is 55.7 Å². The molecule has 0 saturated carbocycles. The van der Waals surface area contributed by atoms with E-state index in [1.165, 1.54) is 6.07 Å². The summed E-state index contributed by atoms with van der Waals surface area (Å²) in [6.07, 6.45) is 1.13. The Morgan fingerprint density at radius 2 is 1.79 bits per heavy atom. The lowest BCUT2D eigenvalue weighted by molar-refractivity contribution is -0.116. The molecular weight excluding hydrogens is 324 g/mol. The number of rotatable bonds is 6. The van der Waals surface area contributed by atoms with Gasteiger partial charge in [-0.15, -0.1) is 0 Å². The summed E-state index contributed by atoms with van der Waals surface area (Å²) in [5.74, 6) is -0.128. The highest BCUT2D eigenvalue weighted by molar-refractivity contribution is 7.92. The van der Waals surface area contributed by atoms with E-state index in [2.05, 4.69) is 10.0 Å². The molecule has 0 spiro atoms. The number of amides is 1. The smallest absolute Gasteiger partial charge is 0.262 e. The van der Waals surface area contributed by atoms with Crippen molar-refractivity contribution >= 4 is 27.3 Å². The number of sulfonamides is 1. The molecule has 2 N–H and O–H groups in total. The topological polar surface area (TPSA) is 75.3 Å². The first-order chi connectivity index (χ1) is 11.3. The Labute approximate surface area is 143 Å². The van der Waals surface area contributed by atoms with E-state index >= 15 is 0 Å². The first-order valence-electron chi connectivity index (χ1n) is 7.82. The molecule has 2 aromatic rings. The highest BCUT2D eigenvalue weighted by Crippen LogP contribution is 2.23. The molecule has 0 aliphatic rings. The second-order valence-electron chi connectivity index (χ2n) is 5.75. The first-order valence-corrected chi connectivity index (χ1v) is 9.30. The lowest BCUT2D eigenvalue weighted by Gasteiger charge is -2.13. The van der Waals surface area contributed by atoms with Crippen LogP contribution < -0.4 is 10.0 Å². The SMILES string of the molecule is CCCC(=O)Nc1ccc(C)c(S(=O)(=O)Nc2cccc(C)c2)c1. The predicted octanol–water partition coefficient (Wildman–Crippen LogP) is 3.84. The highest BCUT2D eigenvalue weighted by atomic mass is 32.2. The molecule has 0 heterocycles. The number of carbonyl (C=O) groups excluding carboxylic acids is 1. The van der Waals surface area contributed by atoms with E-state index in [4.69, 9.17) is 0 Å². The summed E-state index contributed by atoms with van der Waals surface area (Å²) >= 11 is 0. The summed E-state index contributed by atoms with van der Waals surface area (Å²) in [6, 6.07) is 12.0. The van der Waals surface area contributed by atoms with Crippen LogP contribution in [0.2, 0.25) is 0 Å². The number of aryl methyl sites for hydroxylation is 2. The zero-order valence-corrected chi connectivity index (χ0v) is 14.9. The molecule has 0 bridgehead atoms. The van der Waals surface area contributed by atoms with E-state index in [1.54, 1.807) is 37.3 Å². The maximum Gasteiger partial charge on any atom is 0.262 e. The first kappa shape index (κ1) is 18.0. The third-order valence-electron chi connectivity index (χ3n) is 3.51. The second-order valence-corrected chi connectivity index (χ2v) is 7.40. The quantitative estimate of drug-likeness (QED) is 0.834. The Balaban J connectivity index is 2.30. The van der Waals surface area contributed by atoms with Crippen molar-refractivity contribution in [2.24, 2.45) is 0 Å². The van der Waals surface area contributed by atoms with E-state index in [9.17, 15) is 13.2 Å². The number of hydrogen-bond donors (Lipinski definition) is 2. The van der Waals surface area contributed by atoms with Gasteiger partial charge in [0.25, 0.3) is 10.0 Å². The van der Waals surface area contributed by atoms with Gasteiger partial charge in [0.2, 0.25) is 5.91 Å². The minimum Gasteiger partial charge on any atom is -0.326 e. The van der Waals surface area contributed by atoms with Gasteiger partial charge in [0.05, 0.1) is 4.90 Å². The Morgan fingerprint density at radius 1 is 1.04 bits per heavy atom. The Morgan fingerprint density at radius 3 is 2.46 bits per heavy atom. The summed E-state index contributed by atoms with van der Waals surface area (Å²) < 4.78 is 27.9. The molecule has 5 nitrogen and oxygen atoms in total. The summed E-state index contributed by atoms with van der Waals surface area (Å²) in [7, 11) is -3.73. The molecule has 24 heavy (non-hydrogen) atoms. The van der Waals surface area contributed by atoms with Crippen LogP contribution in [-0.2, 0) is 14.8 Å². The monoisotopic (exact) mass is 346 g/mol. The normalized spacial score (nSPS) is 11.1. The van der Waals surface area contributed by atoms with Gasteiger partial charge >= 0.3 is 0 Å². The van der Waals surface area contributed by atoms with E-state index < -0.39 is 10.0 Å².